The molecule has 140 valence electrons. The fourth-order valence-electron chi connectivity index (χ4n) is 2.02. The number of unbranched alkanes of at least 4 members (excludes halogenated alkanes) is 3. The Balaban J connectivity index is 2.95. The summed E-state index contributed by atoms with van der Waals surface area (Å²) >= 11 is 13.5. The van der Waals surface area contributed by atoms with Gasteiger partial charge >= 0.3 is 6.72 Å². The Hall–Kier alpha value is 0.220. The highest BCUT2D eigenvalue weighted by molar-refractivity contribution is 8.07. The number of thioether (sulfide) groups is 1. The van der Waals surface area contributed by atoms with Crippen molar-refractivity contribution < 1.29 is 13.6 Å². The third-order valence-corrected chi connectivity index (χ3v) is 7.36. The fourth-order valence-corrected chi connectivity index (χ4v) is 4.72. The van der Waals surface area contributed by atoms with E-state index < -0.39 is 6.72 Å². The van der Waals surface area contributed by atoms with Crippen LogP contribution in [0.1, 0.15) is 52.9 Å². The molecule has 1 aromatic rings. The average Bonchev–Trinajstić information content (AvgIpc) is 2.85. The van der Waals surface area contributed by atoms with E-state index in [1.807, 2.05) is 11.6 Å². The van der Waals surface area contributed by atoms with Crippen molar-refractivity contribution in [3.63, 3.8) is 0 Å². The monoisotopic (exact) mass is 414 g/mol. The lowest BCUT2D eigenvalue weighted by Crippen LogP contribution is -2.04. The maximum Gasteiger partial charge on any atom is 0.381 e. The lowest BCUT2D eigenvalue weighted by atomic mass is 10.2. The lowest BCUT2D eigenvalue weighted by molar-refractivity contribution is 0.239. The Kier molecular flexibility index (Phi) is 10.9. The van der Waals surface area contributed by atoms with Gasteiger partial charge in [0.25, 0.3) is 5.88 Å². The van der Waals surface area contributed by atoms with Gasteiger partial charge in [0.2, 0.25) is 0 Å². The normalized spacial score (nSPS) is 13.9. The molecule has 0 aliphatic heterocycles. The number of halogens is 1. The van der Waals surface area contributed by atoms with Crippen molar-refractivity contribution in [2.45, 2.75) is 64.4 Å². The zero-order chi connectivity index (χ0) is 18.0. The SMILES string of the molecule is CCCCCCn1nc(OP(=S)(OC)OCC)c(Cl)c1SCCC. The Morgan fingerprint density at radius 2 is 1.96 bits per heavy atom. The van der Waals surface area contributed by atoms with Gasteiger partial charge in [-0.05, 0) is 25.5 Å². The van der Waals surface area contributed by atoms with E-state index in [4.69, 9.17) is 37.0 Å². The summed E-state index contributed by atoms with van der Waals surface area (Å²) in [4.78, 5) is 0. The van der Waals surface area contributed by atoms with Crippen molar-refractivity contribution >= 4 is 41.9 Å². The summed E-state index contributed by atoms with van der Waals surface area (Å²) in [5.41, 5.74) is 0. The molecule has 0 saturated carbocycles. The van der Waals surface area contributed by atoms with Crippen molar-refractivity contribution in [2.75, 3.05) is 19.5 Å². The number of nitrogens with zero attached hydrogens (tertiary/aromatic N) is 2. The van der Waals surface area contributed by atoms with E-state index in [-0.39, 0.29) is 0 Å². The number of aromatic nitrogens is 2. The molecular weight excluding hydrogens is 387 g/mol. The lowest BCUT2D eigenvalue weighted by Gasteiger charge is -2.18. The largest absolute Gasteiger partial charge is 0.402 e. The molecule has 0 aromatic carbocycles. The molecule has 0 amide bonds. The van der Waals surface area contributed by atoms with E-state index in [0.717, 1.165) is 30.2 Å². The molecule has 1 aromatic heterocycles. The van der Waals surface area contributed by atoms with Gasteiger partial charge in [-0.3, -0.25) is 9.21 Å². The third kappa shape index (κ3) is 6.85. The highest BCUT2D eigenvalue weighted by Crippen LogP contribution is 2.51. The van der Waals surface area contributed by atoms with Crippen LogP contribution in [0.2, 0.25) is 5.02 Å². The second-order valence-electron chi connectivity index (χ2n) is 5.20. The summed E-state index contributed by atoms with van der Waals surface area (Å²) in [6.07, 6.45) is 5.74. The van der Waals surface area contributed by atoms with E-state index in [1.165, 1.54) is 26.4 Å². The minimum absolute atomic E-state index is 0.310. The van der Waals surface area contributed by atoms with E-state index in [2.05, 4.69) is 18.9 Å². The van der Waals surface area contributed by atoms with Gasteiger partial charge in [0.1, 0.15) is 10.0 Å². The molecule has 0 bridgehead atoms. The first kappa shape index (κ1) is 22.3. The molecule has 0 aliphatic carbocycles. The van der Waals surface area contributed by atoms with Gasteiger partial charge in [-0.15, -0.1) is 16.9 Å². The Bertz CT molecular complexity index is 543. The van der Waals surface area contributed by atoms with Crippen LogP contribution in [-0.4, -0.2) is 29.3 Å². The van der Waals surface area contributed by atoms with Gasteiger partial charge in [-0.25, -0.2) is 0 Å². The van der Waals surface area contributed by atoms with Crippen molar-refractivity contribution in [3.8, 4) is 5.88 Å². The predicted octanol–water partition coefficient (Wildman–Crippen LogP) is 5.91. The zero-order valence-electron chi connectivity index (χ0n) is 14.9. The molecule has 1 heterocycles. The maximum absolute atomic E-state index is 6.50. The van der Waals surface area contributed by atoms with Crippen LogP contribution in [0.25, 0.3) is 0 Å². The Morgan fingerprint density at radius 3 is 2.54 bits per heavy atom. The van der Waals surface area contributed by atoms with Crippen molar-refractivity contribution in [1.82, 2.24) is 9.78 Å². The zero-order valence-corrected chi connectivity index (χ0v) is 18.2. The minimum atomic E-state index is -2.85. The van der Waals surface area contributed by atoms with Gasteiger partial charge in [-0.2, -0.15) is 0 Å². The van der Waals surface area contributed by atoms with Gasteiger partial charge in [-0.1, -0.05) is 44.7 Å². The highest BCUT2D eigenvalue weighted by atomic mass is 35.5. The molecule has 0 spiro atoms. The van der Waals surface area contributed by atoms with Gasteiger partial charge in [0, 0.05) is 25.5 Å². The number of hydrogen-bond acceptors (Lipinski definition) is 6. The smallest absolute Gasteiger partial charge is 0.381 e. The van der Waals surface area contributed by atoms with Gasteiger partial charge in [0.15, 0.2) is 0 Å². The summed E-state index contributed by atoms with van der Waals surface area (Å²) in [6, 6.07) is 0. The van der Waals surface area contributed by atoms with E-state index in [9.17, 15) is 0 Å². The molecule has 24 heavy (non-hydrogen) atoms. The van der Waals surface area contributed by atoms with Crippen LogP contribution in [0.4, 0.5) is 0 Å². The highest BCUT2D eigenvalue weighted by Gasteiger charge is 2.26. The average molecular weight is 415 g/mol. The molecule has 1 unspecified atom stereocenters. The molecule has 0 aliphatic rings. The van der Waals surface area contributed by atoms with E-state index in [0.29, 0.717) is 17.5 Å². The second kappa shape index (κ2) is 11.8. The number of aryl methyl sites for hydroxylation is 1. The topological polar surface area (TPSA) is 45.5 Å². The summed E-state index contributed by atoms with van der Waals surface area (Å²) in [5, 5.41) is 5.94. The van der Waals surface area contributed by atoms with Crippen LogP contribution < -0.4 is 4.52 Å². The Morgan fingerprint density at radius 1 is 1.21 bits per heavy atom. The first-order valence-electron chi connectivity index (χ1n) is 8.40. The van der Waals surface area contributed by atoms with Crippen molar-refractivity contribution in [1.29, 1.82) is 0 Å². The maximum atomic E-state index is 6.50. The van der Waals surface area contributed by atoms with Crippen LogP contribution in [0.15, 0.2) is 5.03 Å². The molecule has 0 radical (unpaired) electrons. The van der Waals surface area contributed by atoms with Crippen LogP contribution >= 0.6 is 30.1 Å². The van der Waals surface area contributed by atoms with Crippen LogP contribution in [0.5, 0.6) is 5.88 Å². The summed E-state index contributed by atoms with van der Waals surface area (Å²) in [5.74, 6) is 1.29. The molecule has 0 saturated heterocycles. The van der Waals surface area contributed by atoms with Crippen LogP contribution in [0, 0.1) is 0 Å². The standard InChI is InChI=1S/C15H28ClN2O3PS2/c1-5-8-9-10-11-18-15(24-12-6-2)13(16)14(17-18)21-22(23,19-4)20-7-3/h5-12H2,1-4H3. The van der Waals surface area contributed by atoms with Gasteiger partial charge < -0.3 is 9.05 Å². The quantitative estimate of drug-likeness (QED) is 0.227. The molecule has 1 rings (SSSR count). The molecule has 5 nitrogen and oxygen atoms in total. The molecule has 9 heteroatoms. The van der Waals surface area contributed by atoms with E-state index >= 15 is 0 Å². The van der Waals surface area contributed by atoms with Crippen molar-refractivity contribution in [3.05, 3.63) is 5.02 Å². The van der Waals surface area contributed by atoms with Crippen molar-refractivity contribution in [2.24, 2.45) is 0 Å². The molecular formula is C15H28ClN2O3PS2. The Labute approximate surface area is 160 Å². The molecule has 0 fully saturated rings. The number of hydrogen-bond donors (Lipinski definition) is 0. The summed E-state index contributed by atoms with van der Waals surface area (Å²) in [7, 11) is 1.48. The van der Waals surface area contributed by atoms with Crippen LogP contribution in [-0.2, 0) is 27.4 Å². The van der Waals surface area contributed by atoms with Crippen LogP contribution in [0.3, 0.4) is 0 Å². The number of rotatable bonds is 13. The first-order chi connectivity index (χ1) is 11.5. The summed E-state index contributed by atoms with van der Waals surface area (Å²) < 4.78 is 18.4. The minimum Gasteiger partial charge on any atom is -0.402 e. The fraction of sp³-hybridized carbons (Fsp3) is 0.800. The first-order valence-corrected chi connectivity index (χ1v) is 12.3. The predicted molar refractivity (Wildman–Crippen MR) is 106 cm³/mol. The van der Waals surface area contributed by atoms with E-state index in [1.54, 1.807) is 11.8 Å². The summed E-state index contributed by atoms with van der Waals surface area (Å²) in [6.45, 7) is 4.56. The third-order valence-electron chi connectivity index (χ3n) is 3.20. The van der Waals surface area contributed by atoms with Gasteiger partial charge in [0.05, 0.1) is 6.61 Å². The second-order valence-corrected chi connectivity index (χ2v) is 9.70. The molecule has 0 N–H and O–H groups in total. The molecule has 1 atom stereocenters.